The summed E-state index contributed by atoms with van der Waals surface area (Å²) in [5, 5.41) is 5.77. The highest BCUT2D eigenvalue weighted by Crippen LogP contribution is 2.38. The molecule has 0 saturated carbocycles. The van der Waals surface area contributed by atoms with Crippen molar-refractivity contribution in [2.45, 2.75) is 19.8 Å². The van der Waals surface area contributed by atoms with Gasteiger partial charge in [-0.2, -0.15) is 0 Å². The van der Waals surface area contributed by atoms with Gasteiger partial charge in [0.15, 0.2) is 11.5 Å². The zero-order valence-electron chi connectivity index (χ0n) is 16.6. The largest absolute Gasteiger partial charge is 0.454 e. The second kappa shape index (κ2) is 9.13. The summed E-state index contributed by atoms with van der Waals surface area (Å²) in [6.45, 7) is 3.08. The molecule has 2 aliphatic heterocycles. The van der Waals surface area contributed by atoms with Crippen LogP contribution in [0.4, 0.5) is 21.9 Å². The van der Waals surface area contributed by atoms with Gasteiger partial charge in [0.2, 0.25) is 12.7 Å². The van der Waals surface area contributed by atoms with Gasteiger partial charge in [-0.1, -0.05) is 12.1 Å². The minimum absolute atomic E-state index is 0. The number of fused-ring (bicyclic) bond motifs is 1. The number of nitrogen functional groups attached to an aromatic ring is 1. The van der Waals surface area contributed by atoms with Gasteiger partial charge in [0.1, 0.15) is 0 Å². The van der Waals surface area contributed by atoms with Crippen molar-refractivity contribution in [2.75, 3.05) is 36.2 Å². The SMILES string of the molecule is Cc1cccc(NC(=O)N2CCCC(C(=O)Nc3cc4c(cc3N)OCO4)C2)c1.Cl. The number of aryl methyl sites for hydroxylation is 1. The number of carbonyl (C=O) groups excluding carboxylic acids is 2. The van der Waals surface area contributed by atoms with Crippen LogP contribution in [0.5, 0.6) is 11.5 Å². The first-order valence-corrected chi connectivity index (χ1v) is 9.62. The Morgan fingerprint density at radius 1 is 1.13 bits per heavy atom. The molecule has 0 aromatic heterocycles. The Morgan fingerprint density at radius 3 is 2.67 bits per heavy atom. The summed E-state index contributed by atoms with van der Waals surface area (Å²) in [6, 6.07) is 10.7. The molecule has 0 spiro atoms. The van der Waals surface area contributed by atoms with Crippen LogP contribution >= 0.6 is 12.4 Å². The fraction of sp³-hybridized carbons (Fsp3) is 0.333. The summed E-state index contributed by atoms with van der Waals surface area (Å²) < 4.78 is 10.6. The highest BCUT2D eigenvalue weighted by Gasteiger charge is 2.29. The lowest BCUT2D eigenvalue weighted by Crippen LogP contribution is -2.45. The normalized spacial score (nSPS) is 17.1. The number of carbonyl (C=O) groups is 2. The number of hydrogen-bond donors (Lipinski definition) is 3. The minimum Gasteiger partial charge on any atom is -0.454 e. The molecular formula is C21H25ClN4O4. The summed E-state index contributed by atoms with van der Waals surface area (Å²) in [6.07, 6.45) is 1.47. The van der Waals surface area contributed by atoms with Crippen LogP contribution in [0, 0.1) is 12.8 Å². The van der Waals surface area contributed by atoms with Crippen molar-refractivity contribution < 1.29 is 19.1 Å². The van der Waals surface area contributed by atoms with E-state index >= 15 is 0 Å². The van der Waals surface area contributed by atoms with Crippen molar-refractivity contribution in [3.8, 4) is 11.5 Å². The zero-order chi connectivity index (χ0) is 20.4. The van der Waals surface area contributed by atoms with E-state index in [2.05, 4.69) is 10.6 Å². The Bertz CT molecular complexity index is 953. The first kappa shape index (κ1) is 21.6. The molecule has 1 unspecified atom stereocenters. The lowest BCUT2D eigenvalue weighted by atomic mass is 9.97. The number of halogens is 1. The standard InChI is InChI=1S/C21H24N4O4.ClH/c1-13-4-2-6-15(8-13)23-21(27)25-7-3-5-14(11-25)20(26)24-17-10-19-18(9-16(17)22)28-12-29-19;/h2,4,6,8-10,14H,3,5,7,11-12,22H2,1H3,(H,23,27)(H,24,26);1H. The zero-order valence-corrected chi connectivity index (χ0v) is 17.5. The van der Waals surface area contributed by atoms with E-state index in [0.29, 0.717) is 42.4 Å². The summed E-state index contributed by atoms with van der Waals surface area (Å²) in [7, 11) is 0. The van der Waals surface area contributed by atoms with Crippen molar-refractivity contribution >= 4 is 41.4 Å². The Labute approximate surface area is 181 Å². The molecule has 0 radical (unpaired) electrons. The number of hydrogen-bond acceptors (Lipinski definition) is 5. The highest BCUT2D eigenvalue weighted by molar-refractivity contribution is 5.97. The van der Waals surface area contributed by atoms with Gasteiger partial charge in [0.05, 0.1) is 17.3 Å². The second-order valence-electron chi connectivity index (χ2n) is 7.37. The molecule has 3 amide bonds. The summed E-state index contributed by atoms with van der Waals surface area (Å²) >= 11 is 0. The van der Waals surface area contributed by atoms with Gasteiger partial charge < -0.3 is 30.7 Å². The Kier molecular flexibility index (Phi) is 6.56. The Morgan fingerprint density at radius 2 is 1.90 bits per heavy atom. The van der Waals surface area contributed by atoms with Gasteiger partial charge in [-0.25, -0.2) is 4.79 Å². The van der Waals surface area contributed by atoms with Gasteiger partial charge in [-0.3, -0.25) is 4.79 Å². The molecule has 30 heavy (non-hydrogen) atoms. The molecule has 2 heterocycles. The number of ether oxygens (including phenoxy) is 2. The third-order valence-electron chi connectivity index (χ3n) is 5.15. The highest BCUT2D eigenvalue weighted by atomic mass is 35.5. The second-order valence-corrected chi connectivity index (χ2v) is 7.37. The maximum atomic E-state index is 12.8. The molecular weight excluding hydrogens is 408 g/mol. The molecule has 4 N–H and O–H groups in total. The van der Waals surface area contributed by atoms with Gasteiger partial charge >= 0.3 is 6.03 Å². The topological polar surface area (TPSA) is 106 Å². The molecule has 2 aromatic rings. The van der Waals surface area contributed by atoms with Crippen molar-refractivity contribution in [3.63, 3.8) is 0 Å². The molecule has 2 aliphatic rings. The van der Waals surface area contributed by atoms with Gasteiger partial charge in [0.25, 0.3) is 0 Å². The molecule has 9 heteroatoms. The number of rotatable bonds is 3. The van der Waals surface area contributed by atoms with Crippen LogP contribution in [0.15, 0.2) is 36.4 Å². The Hall–Kier alpha value is -3.13. The van der Waals surface area contributed by atoms with Crippen molar-refractivity contribution in [3.05, 3.63) is 42.0 Å². The number of nitrogens with one attached hydrogen (secondary N) is 2. The molecule has 1 atom stereocenters. The Balaban J connectivity index is 0.00000256. The number of nitrogens with zero attached hydrogens (tertiary/aromatic N) is 1. The summed E-state index contributed by atoms with van der Waals surface area (Å²) in [4.78, 5) is 27.1. The average Bonchev–Trinajstić information content (AvgIpc) is 3.15. The van der Waals surface area contributed by atoms with E-state index in [-0.39, 0.29) is 37.1 Å². The third-order valence-corrected chi connectivity index (χ3v) is 5.15. The lowest BCUT2D eigenvalue weighted by molar-refractivity contribution is -0.121. The van der Waals surface area contributed by atoms with E-state index in [9.17, 15) is 9.59 Å². The lowest BCUT2D eigenvalue weighted by Gasteiger charge is -2.32. The van der Waals surface area contributed by atoms with Crippen LogP contribution < -0.4 is 25.8 Å². The third kappa shape index (κ3) is 4.71. The number of piperidine rings is 1. The molecule has 1 saturated heterocycles. The summed E-state index contributed by atoms with van der Waals surface area (Å²) in [5.74, 6) is 0.648. The van der Waals surface area contributed by atoms with Crippen molar-refractivity contribution in [1.82, 2.24) is 4.90 Å². The fourth-order valence-corrected chi connectivity index (χ4v) is 3.60. The average molecular weight is 433 g/mol. The predicted octanol–water partition coefficient (Wildman–Crippen LogP) is 3.61. The van der Waals surface area contributed by atoms with Crippen molar-refractivity contribution in [1.29, 1.82) is 0 Å². The van der Waals surface area contributed by atoms with E-state index < -0.39 is 0 Å². The van der Waals surface area contributed by atoms with Gasteiger partial charge in [0, 0.05) is 30.9 Å². The van der Waals surface area contributed by atoms with E-state index in [1.54, 1.807) is 17.0 Å². The number of benzene rings is 2. The number of anilines is 3. The molecule has 8 nitrogen and oxygen atoms in total. The molecule has 4 rings (SSSR count). The number of likely N-dealkylation sites (tertiary alicyclic amines) is 1. The maximum absolute atomic E-state index is 12.8. The number of nitrogens with two attached hydrogens (primary N) is 1. The van der Waals surface area contributed by atoms with Crippen LogP contribution in [-0.2, 0) is 4.79 Å². The number of urea groups is 1. The fourth-order valence-electron chi connectivity index (χ4n) is 3.60. The first-order chi connectivity index (χ1) is 14.0. The van der Waals surface area contributed by atoms with E-state index in [1.165, 1.54) is 0 Å². The molecule has 2 aromatic carbocycles. The maximum Gasteiger partial charge on any atom is 0.321 e. The van der Waals surface area contributed by atoms with Crippen LogP contribution in [0.25, 0.3) is 0 Å². The van der Waals surface area contributed by atoms with Gasteiger partial charge in [-0.05, 0) is 37.5 Å². The predicted molar refractivity (Wildman–Crippen MR) is 117 cm³/mol. The monoisotopic (exact) mass is 432 g/mol. The van der Waals surface area contributed by atoms with E-state index in [4.69, 9.17) is 15.2 Å². The first-order valence-electron chi connectivity index (χ1n) is 9.62. The van der Waals surface area contributed by atoms with Gasteiger partial charge in [-0.15, -0.1) is 12.4 Å². The van der Waals surface area contributed by atoms with Crippen LogP contribution in [0.1, 0.15) is 18.4 Å². The van der Waals surface area contributed by atoms with Crippen LogP contribution in [0.3, 0.4) is 0 Å². The summed E-state index contributed by atoms with van der Waals surface area (Å²) in [5.41, 5.74) is 8.73. The van der Waals surface area contributed by atoms with Crippen molar-refractivity contribution in [2.24, 2.45) is 5.92 Å². The smallest absolute Gasteiger partial charge is 0.321 e. The molecule has 1 fully saturated rings. The quantitative estimate of drug-likeness (QED) is 0.642. The van der Waals surface area contributed by atoms with E-state index in [0.717, 1.165) is 17.7 Å². The molecule has 0 aliphatic carbocycles. The van der Waals surface area contributed by atoms with E-state index in [1.807, 2.05) is 31.2 Å². The van der Waals surface area contributed by atoms with Crippen LogP contribution in [-0.4, -0.2) is 36.7 Å². The minimum atomic E-state index is -0.308. The number of amides is 3. The molecule has 0 bridgehead atoms. The molecule has 160 valence electrons. The van der Waals surface area contributed by atoms with Crippen LogP contribution in [0.2, 0.25) is 0 Å².